The van der Waals surface area contributed by atoms with E-state index in [1.807, 2.05) is 0 Å². The maximum absolute atomic E-state index is 12.9. The molecule has 4 aliphatic rings. The maximum Gasteiger partial charge on any atom is 0.226 e. The van der Waals surface area contributed by atoms with Gasteiger partial charge in [0.15, 0.2) is 0 Å². The van der Waals surface area contributed by atoms with E-state index in [1.165, 1.54) is 16.7 Å². The van der Waals surface area contributed by atoms with Crippen molar-refractivity contribution in [1.29, 1.82) is 0 Å². The van der Waals surface area contributed by atoms with Gasteiger partial charge < -0.3 is 19.6 Å². The Morgan fingerprint density at radius 1 is 1.07 bits per heavy atom. The Bertz CT molecular complexity index is 784. The van der Waals surface area contributed by atoms with Gasteiger partial charge in [-0.25, -0.2) is 0 Å². The van der Waals surface area contributed by atoms with Crippen molar-refractivity contribution >= 4 is 5.91 Å². The summed E-state index contributed by atoms with van der Waals surface area (Å²) < 4.78 is 5.43. The Kier molecular flexibility index (Phi) is 5.94. The van der Waals surface area contributed by atoms with E-state index in [4.69, 9.17) is 4.74 Å². The molecular formula is C25H34N2O3. The molecule has 3 unspecified atom stereocenters. The molecule has 0 aromatic heterocycles. The van der Waals surface area contributed by atoms with Gasteiger partial charge in [0.1, 0.15) is 0 Å². The average Bonchev–Trinajstić information content (AvgIpc) is 3.48. The van der Waals surface area contributed by atoms with Crippen molar-refractivity contribution in [3.8, 4) is 0 Å². The lowest BCUT2D eigenvalue weighted by atomic mass is 9.86. The SMILES string of the molecule is O=C(C1CCOCC1)N1CC2=CCC(c3ccc(CCN4CCC(O)C4)cc3)C2C1. The number of fused-ring (bicyclic) bond motifs is 1. The van der Waals surface area contributed by atoms with E-state index in [0.717, 1.165) is 78.0 Å². The zero-order valence-corrected chi connectivity index (χ0v) is 17.8. The molecule has 5 heteroatoms. The summed E-state index contributed by atoms with van der Waals surface area (Å²) in [6, 6.07) is 9.16. The van der Waals surface area contributed by atoms with Crippen LogP contribution in [0.2, 0.25) is 0 Å². The molecular weight excluding hydrogens is 376 g/mol. The zero-order chi connectivity index (χ0) is 20.5. The van der Waals surface area contributed by atoms with Gasteiger partial charge in [-0.1, -0.05) is 30.3 Å². The third-order valence-corrected chi connectivity index (χ3v) is 7.64. The molecule has 1 N–H and O–H groups in total. The van der Waals surface area contributed by atoms with Crippen LogP contribution in [0.5, 0.6) is 0 Å². The summed E-state index contributed by atoms with van der Waals surface area (Å²) in [7, 11) is 0. The summed E-state index contributed by atoms with van der Waals surface area (Å²) in [4.78, 5) is 17.4. The molecule has 3 heterocycles. The molecule has 30 heavy (non-hydrogen) atoms. The van der Waals surface area contributed by atoms with Crippen molar-refractivity contribution in [2.75, 3.05) is 45.9 Å². The van der Waals surface area contributed by atoms with Gasteiger partial charge in [0.05, 0.1) is 6.10 Å². The largest absolute Gasteiger partial charge is 0.392 e. The van der Waals surface area contributed by atoms with Crippen molar-refractivity contribution in [3.63, 3.8) is 0 Å². The van der Waals surface area contributed by atoms with E-state index in [2.05, 4.69) is 40.1 Å². The zero-order valence-electron chi connectivity index (χ0n) is 17.8. The molecule has 1 aromatic carbocycles. The van der Waals surface area contributed by atoms with Gasteiger partial charge in [0.2, 0.25) is 5.91 Å². The van der Waals surface area contributed by atoms with Crippen LogP contribution in [-0.4, -0.2) is 72.9 Å². The molecule has 162 valence electrons. The monoisotopic (exact) mass is 410 g/mol. The number of nitrogens with zero attached hydrogens (tertiary/aromatic N) is 2. The Morgan fingerprint density at radius 3 is 2.60 bits per heavy atom. The predicted molar refractivity (Wildman–Crippen MR) is 116 cm³/mol. The van der Waals surface area contributed by atoms with E-state index >= 15 is 0 Å². The van der Waals surface area contributed by atoms with Crippen LogP contribution < -0.4 is 0 Å². The molecule has 3 atom stereocenters. The lowest BCUT2D eigenvalue weighted by Crippen LogP contribution is -2.37. The highest BCUT2D eigenvalue weighted by Gasteiger charge is 2.40. The van der Waals surface area contributed by atoms with E-state index in [-0.39, 0.29) is 12.0 Å². The molecule has 3 saturated heterocycles. The number of allylic oxidation sites excluding steroid dienone is 1. The smallest absolute Gasteiger partial charge is 0.226 e. The second kappa shape index (κ2) is 8.81. The highest BCUT2D eigenvalue weighted by atomic mass is 16.5. The standard InChI is InChI=1S/C25H34N2O3/c28-22-8-12-26(16-22)11-7-18-1-3-19(4-2-18)23-6-5-21-15-27(17-24(21)23)25(29)20-9-13-30-14-10-20/h1-5,20,22-24,28H,6-17H2. The number of carbonyl (C=O) groups is 1. The fourth-order valence-electron chi connectivity index (χ4n) is 5.77. The number of carbonyl (C=O) groups excluding carboxylic acids is 1. The summed E-state index contributed by atoms with van der Waals surface area (Å²) in [5.41, 5.74) is 4.25. The fourth-order valence-corrected chi connectivity index (χ4v) is 5.77. The Balaban J connectivity index is 1.17. The van der Waals surface area contributed by atoms with Crippen LogP contribution in [0.1, 0.15) is 42.7 Å². The number of hydrogen-bond donors (Lipinski definition) is 1. The summed E-state index contributed by atoms with van der Waals surface area (Å²) >= 11 is 0. The number of aliphatic hydroxyl groups excluding tert-OH is 1. The van der Waals surface area contributed by atoms with Crippen molar-refractivity contribution < 1.29 is 14.6 Å². The second-order valence-corrected chi connectivity index (χ2v) is 9.57. The molecule has 1 aliphatic carbocycles. The normalized spacial score (nSPS) is 30.0. The number of β-amino-alcohol motifs (C(OH)–C–C–N with tert-alkyl or cyclic N) is 1. The van der Waals surface area contributed by atoms with E-state index in [0.29, 0.717) is 17.7 Å². The Hall–Kier alpha value is -1.69. The van der Waals surface area contributed by atoms with Crippen molar-refractivity contribution in [1.82, 2.24) is 9.80 Å². The molecule has 1 amide bonds. The highest BCUT2D eigenvalue weighted by molar-refractivity contribution is 5.80. The highest BCUT2D eigenvalue weighted by Crippen LogP contribution is 2.44. The first kappa shape index (κ1) is 20.2. The third kappa shape index (κ3) is 4.20. The minimum absolute atomic E-state index is 0.138. The van der Waals surface area contributed by atoms with Gasteiger partial charge in [-0.3, -0.25) is 4.79 Å². The van der Waals surface area contributed by atoms with Gasteiger partial charge in [-0.2, -0.15) is 0 Å². The van der Waals surface area contributed by atoms with Crippen LogP contribution >= 0.6 is 0 Å². The maximum atomic E-state index is 12.9. The number of likely N-dealkylation sites (tertiary alicyclic amines) is 2. The van der Waals surface area contributed by atoms with Gasteiger partial charge in [-0.05, 0) is 54.7 Å². The molecule has 5 nitrogen and oxygen atoms in total. The number of benzene rings is 1. The molecule has 5 rings (SSSR count). The minimum atomic E-state index is -0.138. The van der Waals surface area contributed by atoms with Crippen molar-refractivity contribution in [3.05, 3.63) is 47.0 Å². The molecule has 0 spiro atoms. The van der Waals surface area contributed by atoms with Crippen LogP contribution in [0.3, 0.4) is 0 Å². The van der Waals surface area contributed by atoms with E-state index in [9.17, 15) is 9.90 Å². The molecule has 0 bridgehead atoms. The summed E-state index contributed by atoms with van der Waals surface area (Å²) in [5.74, 6) is 1.50. The minimum Gasteiger partial charge on any atom is -0.392 e. The van der Waals surface area contributed by atoms with Crippen LogP contribution in [0.4, 0.5) is 0 Å². The van der Waals surface area contributed by atoms with Crippen LogP contribution in [0, 0.1) is 11.8 Å². The quantitative estimate of drug-likeness (QED) is 0.758. The lowest BCUT2D eigenvalue weighted by Gasteiger charge is -2.27. The lowest BCUT2D eigenvalue weighted by molar-refractivity contribution is -0.137. The first-order valence-corrected chi connectivity index (χ1v) is 11.7. The molecule has 3 fully saturated rings. The van der Waals surface area contributed by atoms with Crippen LogP contribution in [0.15, 0.2) is 35.9 Å². The number of aliphatic hydroxyl groups is 1. The summed E-state index contributed by atoms with van der Waals surface area (Å²) in [6.07, 6.45) is 7.05. The molecule has 0 saturated carbocycles. The van der Waals surface area contributed by atoms with Gasteiger partial charge in [0, 0.05) is 57.8 Å². The number of amides is 1. The first-order valence-electron chi connectivity index (χ1n) is 11.7. The Labute approximate surface area is 179 Å². The average molecular weight is 411 g/mol. The first-order chi connectivity index (χ1) is 14.7. The summed E-state index contributed by atoms with van der Waals surface area (Å²) in [5, 5.41) is 9.68. The third-order valence-electron chi connectivity index (χ3n) is 7.64. The summed E-state index contributed by atoms with van der Waals surface area (Å²) in [6.45, 7) is 6.02. The fraction of sp³-hybridized carbons (Fsp3) is 0.640. The van der Waals surface area contributed by atoms with Gasteiger partial charge in [0.25, 0.3) is 0 Å². The van der Waals surface area contributed by atoms with Gasteiger partial charge in [-0.15, -0.1) is 0 Å². The van der Waals surface area contributed by atoms with Gasteiger partial charge >= 0.3 is 0 Å². The number of ether oxygens (including phenoxy) is 1. The van der Waals surface area contributed by atoms with Crippen molar-refractivity contribution in [2.45, 2.75) is 44.1 Å². The predicted octanol–water partition coefficient (Wildman–Crippen LogP) is 2.59. The number of hydrogen-bond acceptors (Lipinski definition) is 4. The topological polar surface area (TPSA) is 53.0 Å². The molecule has 1 aromatic rings. The van der Waals surface area contributed by atoms with Crippen molar-refractivity contribution in [2.24, 2.45) is 11.8 Å². The van der Waals surface area contributed by atoms with E-state index in [1.54, 1.807) is 0 Å². The van der Waals surface area contributed by atoms with Crippen LogP contribution in [0.25, 0.3) is 0 Å². The number of rotatable bonds is 5. The van der Waals surface area contributed by atoms with E-state index < -0.39 is 0 Å². The van der Waals surface area contributed by atoms with Crippen LogP contribution in [-0.2, 0) is 16.0 Å². The molecule has 0 radical (unpaired) electrons. The second-order valence-electron chi connectivity index (χ2n) is 9.57. The Morgan fingerprint density at radius 2 is 1.87 bits per heavy atom. The molecule has 3 aliphatic heterocycles.